The third-order valence-electron chi connectivity index (χ3n) is 2.92. The van der Waals surface area contributed by atoms with E-state index in [-0.39, 0.29) is 34.1 Å². The zero-order valence-corrected chi connectivity index (χ0v) is 11.1. The Kier molecular flexibility index (Phi) is 2.82. The molecule has 0 amide bonds. The van der Waals surface area contributed by atoms with Crippen molar-refractivity contribution in [2.45, 2.75) is 13.2 Å². The third-order valence-corrected chi connectivity index (χ3v) is 2.92. The Labute approximate surface area is 117 Å². The molecule has 0 aliphatic carbocycles. The van der Waals surface area contributed by atoms with Crippen LogP contribution in [0.3, 0.4) is 0 Å². The fraction of sp³-hybridized carbons (Fsp3) is 0.231. The summed E-state index contributed by atoms with van der Waals surface area (Å²) in [7, 11) is 1.34. The summed E-state index contributed by atoms with van der Waals surface area (Å²) in [6, 6.07) is 4.38. The lowest BCUT2D eigenvalue weighted by Crippen LogP contribution is -2.26. The number of alkyl halides is 2. The highest BCUT2D eigenvalue weighted by Gasteiger charge is 2.44. The molecule has 0 unspecified atom stereocenters. The summed E-state index contributed by atoms with van der Waals surface area (Å²) in [6.45, 7) is 1.50. The Morgan fingerprint density at radius 3 is 2.81 bits per heavy atom. The summed E-state index contributed by atoms with van der Waals surface area (Å²) in [6.07, 6.45) is -2.43. The van der Waals surface area contributed by atoms with E-state index in [4.69, 9.17) is 4.74 Å². The number of aryl methyl sites for hydroxylation is 1. The molecule has 2 heterocycles. The van der Waals surface area contributed by atoms with E-state index < -0.39 is 6.29 Å². The van der Waals surface area contributed by atoms with E-state index in [1.165, 1.54) is 43.1 Å². The minimum atomic E-state index is -3.73. The number of rotatable bonds is 2. The molecule has 0 saturated carbocycles. The molecular weight excluding hydrogens is 286 g/mol. The van der Waals surface area contributed by atoms with Crippen LogP contribution in [-0.4, -0.2) is 23.2 Å². The highest BCUT2D eigenvalue weighted by atomic mass is 19.3. The second-order valence-electron chi connectivity index (χ2n) is 4.33. The summed E-state index contributed by atoms with van der Waals surface area (Å²) >= 11 is 0. The summed E-state index contributed by atoms with van der Waals surface area (Å²) < 4.78 is 41.4. The van der Waals surface area contributed by atoms with Gasteiger partial charge in [-0.15, -0.1) is 8.78 Å². The molecule has 0 spiro atoms. The van der Waals surface area contributed by atoms with Gasteiger partial charge in [0.25, 0.3) is 0 Å². The lowest BCUT2D eigenvalue weighted by atomic mass is 10.2. The van der Waals surface area contributed by atoms with Gasteiger partial charge in [-0.1, -0.05) is 6.07 Å². The zero-order chi connectivity index (χ0) is 15.2. The van der Waals surface area contributed by atoms with Crippen molar-refractivity contribution in [3.05, 3.63) is 40.3 Å². The maximum absolute atomic E-state index is 13.2. The molecule has 2 aromatic rings. The topological polar surface area (TPSA) is 62.6 Å². The number of aromatic nitrogens is 2. The summed E-state index contributed by atoms with van der Waals surface area (Å²) in [5, 5.41) is 4.02. The molecule has 21 heavy (non-hydrogen) atoms. The van der Waals surface area contributed by atoms with E-state index in [0.29, 0.717) is 0 Å². The normalized spacial score (nSPS) is 15.0. The molecule has 1 aliphatic rings. The van der Waals surface area contributed by atoms with Gasteiger partial charge in [0.2, 0.25) is 5.43 Å². The van der Waals surface area contributed by atoms with Gasteiger partial charge in [0.1, 0.15) is 11.4 Å². The van der Waals surface area contributed by atoms with Crippen molar-refractivity contribution in [3.63, 3.8) is 0 Å². The number of hydrogen-bond donors (Lipinski definition) is 0. The van der Waals surface area contributed by atoms with Crippen LogP contribution < -0.4 is 19.6 Å². The fourth-order valence-electron chi connectivity index (χ4n) is 1.99. The monoisotopic (exact) mass is 296 g/mol. The van der Waals surface area contributed by atoms with Gasteiger partial charge in [-0.25, -0.2) is 4.68 Å². The fourth-order valence-corrected chi connectivity index (χ4v) is 1.99. The van der Waals surface area contributed by atoms with Crippen molar-refractivity contribution >= 4 is 0 Å². The number of ether oxygens (including phenoxy) is 3. The highest BCUT2D eigenvalue weighted by molar-refractivity contribution is 5.57. The lowest BCUT2D eigenvalue weighted by Gasteiger charge is -2.11. The van der Waals surface area contributed by atoms with Gasteiger partial charge >= 0.3 is 6.29 Å². The standard InChI is InChI=1S/C13H10F2N2O4/c1-7-11(18)10(19-2)6-17(16-7)8-4-3-5-9-12(8)21-13(14,15)20-9/h3-6H,1-2H3. The predicted octanol–water partition coefficient (Wildman–Crippen LogP) is 1.87. The Balaban J connectivity index is 2.18. The minimum Gasteiger partial charge on any atom is -0.491 e. The van der Waals surface area contributed by atoms with Crippen LogP contribution in [0.15, 0.2) is 29.2 Å². The van der Waals surface area contributed by atoms with E-state index in [1.807, 2.05) is 0 Å². The zero-order valence-electron chi connectivity index (χ0n) is 11.1. The molecule has 8 heteroatoms. The highest BCUT2D eigenvalue weighted by Crippen LogP contribution is 2.44. The van der Waals surface area contributed by atoms with Crippen molar-refractivity contribution in [1.29, 1.82) is 0 Å². The van der Waals surface area contributed by atoms with E-state index in [1.54, 1.807) is 0 Å². The predicted molar refractivity (Wildman–Crippen MR) is 67.3 cm³/mol. The van der Waals surface area contributed by atoms with Crippen molar-refractivity contribution in [1.82, 2.24) is 9.78 Å². The number of hydrogen-bond acceptors (Lipinski definition) is 5. The number of halogens is 2. The minimum absolute atomic E-state index is 0.0470. The van der Waals surface area contributed by atoms with Gasteiger partial charge in [-0.2, -0.15) is 5.10 Å². The maximum Gasteiger partial charge on any atom is 0.586 e. The molecule has 0 fully saturated rings. The second-order valence-corrected chi connectivity index (χ2v) is 4.33. The quantitative estimate of drug-likeness (QED) is 0.846. The van der Waals surface area contributed by atoms with E-state index >= 15 is 0 Å². The largest absolute Gasteiger partial charge is 0.586 e. The van der Waals surface area contributed by atoms with Crippen LogP contribution in [0, 0.1) is 6.92 Å². The second kappa shape index (κ2) is 4.44. The number of nitrogens with zero attached hydrogens (tertiary/aromatic N) is 2. The van der Waals surface area contributed by atoms with Crippen LogP contribution in [0.2, 0.25) is 0 Å². The molecule has 3 rings (SSSR count). The maximum atomic E-state index is 13.2. The molecule has 0 saturated heterocycles. The number of fused-ring (bicyclic) bond motifs is 1. The first kappa shape index (κ1) is 13.3. The average Bonchev–Trinajstić information content (AvgIpc) is 2.75. The Morgan fingerprint density at radius 1 is 1.33 bits per heavy atom. The van der Waals surface area contributed by atoms with Crippen LogP contribution in [0.4, 0.5) is 8.78 Å². The van der Waals surface area contributed by atoms with Gasteiger partial charge in [0.15, 0.2) is 17.2 Å². The van der Waals surface area contributed by atoms with Crippen molar-refractivity contribution in [3.8, 4) is 22.9 Å². The molecule has 1 aliphatic heterocycles. The lowest BCUT2D eigenvalue weighted by molar-refractivity contribution is -0.286. The molecule has 0 atom stereocenters. The van der Waals surface area contributed by atoms with Crippen molar-refractivity contribution in [2.24, 2.45) is 0 Å². The van der Waals surface area contributed by atoms with E-state index in [9.17, 15) is 13.6 Å². The molecular formula is C13H10F2N2O4. The number of benzene rings is 1. The van der Waals surface area contributed by atoms with Crippen LogP contribution in [-0.2, 0) is 0 Å². The molecule has 0 bridgehead atoms. The molecule has 1 aromatic carbocycles. The Hall–Kier alpha value is -2.64. The summed E-state index contributed by atoms with van der Waals surface area (Å²) in [5.74, 6) is -0.208. The first-order valence-corrected chi connectivity index (χ1v) is 5.95. The van der Waals surface area contributed by atoms with Gasteiger partial charge < -0.3 is 14.2 Å². The number of para-hydroxylation sites is 1. The molecule has 110 valence electrons. The van der Waals surface area contributed by atoms with Crippen LogP contribution >= 0.6 is 0 Å². The van der Waals surface area contributed by atoms with Gasteiger partial charge in [0.05, 0.1) is 13.3 Å². The van der Waals surface area contributed by atoms with Crippen molar-refractivity contribution < 1.29 is 23.0 Å². The van der Waals surface area contributed by atoms with Gasteiger partial charge in [-0.3, -0.25) is 4.79 Å². The first-order chi connectivity index (χ1) is 9.91. The molecule has 0 radical (unpaired) electrons. The van der Waals surface area contributed by atoms with E-state index in [2.05, 4.69) is 14.6 Å². The third kappa shape index (κ3) is 2.18. The number of methoxy groups -OCH3 is 1. The van der Waals surface area contributed by atoms with Gasteiger partial charge in [0, 0.05) is 0 Å². The van der Waals surface area contributed by atoms with Crippen LogP contribution in [0.5, 0.6) is 17.2 Å². The van der Waals surface area contributed by atoms with Crippen LogP contribution in [0.1, 0.15) is 5.69 Å². The molecule has 6 nitrogen and oxygen atoms in total. The van der Waals surface area contributed by atoms with Crippen molar-refractivity contribution in [2.75, 3.05) is 7.11 Å². The van der Waals surface area contributed by atoms with Crippen LogP contribution in [0.25, 0.3) is 5.69 Å². The SMILES string of the molecule is COc1cn(-c2cccc3c2OC(F)(F)O3)nc(C)c1=O. The summed E-state index contributed by atoms with van der Waals surface area (Å²) in [4.78, 5) is 11.7. The molecule has 0 N–H and O–H groups in total. The smallest absolute Gasteiger partial charge is 0.491 e. The molecule has 1 aromatic heterocycles. The average molecular weight is 296 g/mol. The van der Waals surface area contributed by atoms with E-state index in [0.717, 1.165) is 0 Å². The summed E-state index contributed by atoms with van der Waals surface area (Å²) in [5.41, 5.74) is 0.00697. The van der Waals surface area contributed by atoms with Gasteiger partial charge in [-0.05, 0) is 19.1 Å². The Morgan fingerprint density at radius 2 is 2.10 bits per heavy atom. The Bertz CT molecular complexity index is 773. The first-order valence-electron chi connectivity index (χ1n) is 5.95.